The third-order valence-electron chi connectivity index (χ3n) is 8.36. The normalized spacial score (nSPS) is 13.1. The van der Waals surface area contributed by atoms with Crippen molar-refractivity contribution in [1.82, 2.24) is 21.3 Å². The van der Waals surface area contributed by atoms with Crippen LogP contribution in [0.5, 0.6) is 0 Å². The SMILES string of the molecule is Cc1c(C(=O)NCCO)c(I)c(N(C=O)CC(O)C(O)CN(C=O)c2c(C)c(C(=O)NCCO)c(I)c(C(=O)NCC(O)CO)c2I)c(I)c1C(=O)NCC(O)CO. The number of aliphatic hydroxyl groups is 8. The predicted molar refractivity (Wildman–Crippen MR) is 242 cm³/mol. The molecule has 20 nitrogen and oxygen atoms in total. The lowest BCUT2D eigenvalue weighted by Gasteiger charge is -2.31. The Morgan fingerprint density at radius 1 is 0.552 bits per heavy atom. The van der Waals surface area contributed by atoms with Gasteiger partial charge in [0, 0.05) is 29.7 Å². The molecular formula is C34H44I4N6O14. The highest BCUT2D eigenvalue weighted by molar-refractivity contribution is 14.1. The Morgan fingerprint density at radius 3 is 1.28 bits per heavy atom. The molecule has 0 aliphatic carbocycles. The van der Waals surface area contributed by atoms with Crippen LogP contribution in [0.2, 0.25) is 0 Å². The van der Waals surface area contributed by atoms with E-state index >= 15 is 0 Å². The summed E-state index contributed by atoms with van der Waals surface area (Å²) in [5, 5.41) is 89.2. The number of aliphatic hydroxyl groups excluding tert-OH is 8. The first kappa shape index (κ1) is 52.0. The lowest BCUT2D eigenvalue weighted by Crippen LogP contribution is -2.46. The van der Waals surface area contributed by atoms with E-state index in [1.165, 1.54) is 13.8 Å². The lowest BCUT2D eigenvalue weighted by atomic mass is 9.98. The Labute approximate surface area is 387 Å². The minimum absolute atomic E-state index is 0.0142. The van der Waals surface area contributed by atoms with Crippen molar-refractivity contribution in [2.45, 2.75) is 38.3 Å². The van der Waals surface area contributed by atoms with Gasteiger partial charge in [0.05, 0.1) is 108 Å². The van der Waals surface area contributed by atoms with E-state index in [4.69, 9.17) is 0 Å². The highest BCUT2D eigenvalue weighted by Gasteiger charge is 2.34. The van der Waals surface area contributed by atoms with Crippen LogP contribution in [-0.4, -0.2) is 167 Å². The molecule has 6 amide bonds. The van der Waals surface area contributed by atoms with E-state index in [2.05, 4.69) is 21.3 Å². The highest BCUT2D eigenvalue weighted by Crippen LogP contribution is 2.38. The molecule has 12 N–H and O–H groups in total. The number of nitrogens with zero attached hydrogens (tertiary/aromatic N) is 2. The summed E-state index contributed by atoms with van der Waals surface area (Å²) in [5.74, 6) is -2.98. The fourth-order valence-corrected chi connectivity index (χ4v) is 11.3. The van der Waals surface area contributed by atoms with Crippen molar-refractivity contribution >= 4 is 138 Å². The van der Waals surface area contributed by atoms with Crippen molar-refractivity contribution in [2.75, 3.05) is 75.5 Å². The van der Waals surface area contributed by atoms with Gasteiger partial charge in [-0.15, -0.1) is 0 Å². The molecule has 0 saturated heterocycles. The molecule has 0 radical (unpaired) electrons. The molecule has 0 aromatic heterocycles. The van der Waals surface area contributed by atoms with Gasteiger partial charge in [-0.05, 0) is 115 Å². The van der Waals surface area contributed by atoms with Gasteiger partial charge in [0.15, 0.2) is 0 Å². The van der Waals surface area contributed by atoms with Crippen LogP contribution in [0, 0.1) is 28.1 Å². The summed E-state index contributed by atoms with van der Waals surface area (Å²) in [5.41, 5.74) is 0.0134. The largest absolute Gasteiger partial charge is 0.395 e. The average Bonchev–Trinajstić information content (AvgIpc) is 3.18. The summed E-state index contributed by atoms with van der Waals surface area (Å²) in [6, 6.07) is 0. The fraction of sp³-hybridized carbons (Fsp3) is 0.471. The smallest absolute Gasteiger partial charge is 0.253 e. The fourth-order valence-electron chi connectivity index (χ4n) is 5.44. The van der Waals surface area contributed by atoms with Crippen LogP contribution in [0.4, 0.5) is 11.4 Å². The first-order valence-electron chi connectivity index (χ1n) is 17.1. The van der Waals surface area contributed by atoms with Gasteiger partial charge in [-0.2, -0.15) is 0 Å². The Bertz CT molecular complexity index is 1710. The van der Waals surface area contributed by atoms with E-state index in [1.54, 1.807) is 90.4 Å². The first-order valence-corrected chi connectivity index (χ1v) is 21.4. The zero-order valence-corrected chi connectivity index (χ0v) is 39.6. The molecule has 4 unspecified atom stereocenters. The third kappa shape index (κ3) is 12.9. The summed E-state index contributed by atoms with van der Waals surface area (Å²) >= 11 is 7.09. The molecule has 2 aromatic rings. The number of carbonyl (C=O) groups is 6. The van der Waals surface area contributed by atoms with Gasteiger partial charge < -0.3 is 71.9 Å². The molecule has 24 heteroatoms. The maximum Gasteiger partial charge on any atom is 0.253 e. The molecule has 0 aliphatic heterocycles. The van der Waals surface area contributed by atoms with E-state index < -0.39 is 87.6 Å². The van der Waals surface area contributed by atoms with Gasteiger partial charge in [0.2, 0.25) is 12.8 Å². The number of benzene rings is 2. The van der Waals surface area contributed by atoms with Crippen LogP contribution in [0.15, 0.2) is 0 Å². The number of halogens is 4. The van der Waals surface area contributed by atoms with E-state index in [0.29, 0.717) is 6.41 Å². The molecule has 0 fully saturated rings. The second-order valence-corrected chi connectivity index (χ2v) is 16.7. The van der Waals surface area contributed by atoms with Crippen LogP contribution >= 0.6 is 90.4 Å². The van der Waals surface area contributed by atoms with Gasteiger partial charge in [-0.25, -0.2) is 0 Å². The Morgan fingerprint density at radius 2 is 0.897 bits per heavy atom. The molecule has 58 heavy (non-hydrogen) atoms. The number of hydrogen-bond acceptors (Lipinski definition) is 14. The van der Waals surface area contributed by atoms with E-state index in [9.17, 15) is 69.6 Å². The number of amides is 6. The first-order chi connectivity index (χ1) is 27.4. The molecule has 0 aliphatic rings. The topological polar surface area (TPSA) is 319 Å². The molecule has 0 saturated carbocycles. The number of rotatable bonds is 23. The van der Waals surface area contributed by atoms with Crippen molar-refractivity contribution in [3.8, 4) is 0 Å². The lowest BCUT2D eigenvalue weighted by molar-refractivity contribution is -0.109. The Hall–Kier alpha value is -2.14. The average molecular weight is 1270 g/mol. The minimum atomic E-state index is -1.82. The van der Waals surface area contributed by atoms with Crippen molar-refractivity contribution in [3.63, 3.8) is 0 Å². The van der Waals surface area contributed by atoms with Gasteiger partial charge in [0.1, 0.15) is 0 Å². The molecular weight excluding hydrogens is 1220 g/mol. The van der Waals surface area contributed by atoms with E-state index in [-0.39, 0.29) is 91.6 Å². The van der Waals surface area contributed by atoms with Gasteiger partial charge in [-0.1, -0.05) is 0 Å². The number of nitrogens with one attached hydrogen (secondary N) is 4. The van der Waals surface area contributed by atoms with Crippen molar-refractivity contribution < 1.29 is 69.6 Å². The van der Waals surface area contributed by atoms with Crippen LogP contribution in [-0.2, 0) is 9.59 Å². The Kier molecular flexibility index (Phi) is 22.4. The zero-order valence-electron chi connectivity index (χ0n) is 31.0. The molecule has 0 spiro atoms. The predicted octanol–water partition coefficient (Wildman–Crippen LogP) is -2.32. The molecule has 0 bridgehead atoms. The molecule has 4 atom stereocenters. The number of carbonyl (C=O) groups excluding carboxylic acids is 6. The molecule has 322 valence electrons. The zero-order chi connectivity index (χ0) is 44.0. The monoisotopic (exact) mass is 1270 g/mol. The number of hydrogen-bond donors (Lipinski definition) is 12. The van der Waals surface area contributed by atoms with Crippen molar-refractivity contribution in [3.05, 3.63) is 47.7 Å². The standard InChI is InChI=1S/C34H44I4N6O14/c1-15-21(31(55)39-3-5-45)26(36)30(27(37)22(15)33(57)41-7-17(51)11-47)44(14-50)10-20(54)19(53)9-43(13-49)29-16(2)23(32(56)40-4-6-46)25(35)24(28(29)38)34(58)42-8-18(52)12-48/h13-14,17-20,45-48,51-54H,3-12H2,1-2H3,(H,39,55)(H,40,56)(H,41,57)(H,42,58). The quantitative estimate of drug-likeness (QED) is 0.0411. The summed E-state index contributed by atoms with van der Waals surface area (Å²) in [4.78, 5) is 80.8. The summed E-state index contributed by atoms with van der Waals surface area (Å²) in [7, 11) is 0. The van der Waals surface area contributed by atoms with Crippen LogP contribution in [0.25, 0.3) is 0 Å². The third-order valence-corrected chi connectivity index (χ3v) is 12.6. The van der Waals surface area contributed by atoms with E-state index in [0.717, 1.165) is 9.80 Å². The van der Waals surface area contributed by atoms with Gasteiger partial charge in [0.25, 0.3) is 23.6 Å². The van der Waals surface area contributed by atoms with Crippen molar-refractivity contribution in [1.29, 1.82) is 0 Å². The van der Waals surface area contributed by atoms with Gasteiger partial charge >= 0.3 is 0 Å². The van der Waals surface area contributed by atoms with Crippen LogP contribution < -0.4 is 31.1 Å². The second kappa shape index (κ2) is 25.0. The summed E-state index contributed by atoms with van der Waals surface area (Å²) in [6.07, 6.45) is -5.66. The summed E-state index contributed by atoms with van der Waals surface area (Å²) in [6.45, 7) is -1.51. The molecule has 2 aromatic carbocycles. The van der Waals surface area contributed by atoms with Crippen LogP contribution in [0.1, 0.15) is 52.6 Å². The molecule has 0 heterocycles. The minimum Gasteiger partial charge on any atom is -0.395 e. The van der Waals surface area contributed by atoms with Gasteiger partial charge in [-0.3, -0.25) is 28.8 Å². The van der Waals surface area contributed by atoms with Crippen molar-refractivity contribution in [2.24, 2.45) is 0 Å². The Balaban J connectivity index is 2.67. The molecule has 2 rings (SSSR count). The second-order valence-electron chi connectivity index (χ2n) is 12.4. The van der Waals surface area contributed by atoms with E-state index in [1.807, 2.05) is 0 Å². The van der Waals surface area contributed by atoms with Crippen LogP contribution in [0.3, 0.4) is 0 Å². The summed E-state index contributed by atoms with van der Waals surface area (Å²) < 4.78 is 0.558. The highest BCUT2D eigenvalue weighted by atomic mass is 127. The number of anilines is 2. The maximum absolute atomic E-state index is 13.4. The maximum atomic E-state index is 13.4.